The standard InChI is InChI=1S/C24H22N6O2S/c1-17(19-9-6-14-25-15-19)26-27-22(31)16-33-24-29-28-23(18-7-4-3-5-8-18)30(24)20-10-12-21(32-2)13-11-20/h3-15H,16H2,1-2H3,(H,27,31)/b26-17+. The van der Waals surface area contributed by atoms with E-state index in [0.29, 0.717) is 16.7 Å². The molecule has 2 aromatic carbocycles. The number of ether oxygens (including phenoxy) is 1. The van der Waals surface area contributed by atoms with E-state index in [-0.39, 0.29) is 11.7 Å². The third kappa shape index (κ3) is 5.45. The lowest BCUT2D eigenvalue weighted by atomic mass is 10.2. The van der Waals surface area contributed by atoms with Crippen LogP contribution in [0, 0.1) is 0 Å². The molecule has 0 aliphatic rings. The van der Waals surface area contributed by atoms with Gasteiger partial charge in [-0.05, 0) is 37.3 Å². The molecule has 33 heavy (non-hydrogen) atoms. The van der Waals surface area contributed by atoms with Crippen LogP contribution in [0.25, 0.3) is 17.1 Å². The van der Waals surface area contributed by atoms with E-state index in [1.807, 2.05) is 78.2 Å². The first kappa shape index (κ1) is 22.2. The third-order valence-electron chi connectivity index (χ3n) is 4.76. The van der Waals surface area contributed by atoms with Crippen LogP contribution in [-0.4, -0.2) is 44.2 Å². The van der Waals surface area contributed by atoms with Crippen molar-refractivity contribution in [3.8, 4) is 22.8 Å². The van der Waals surface area contributed by atoms with Crippen LogP contribution in [0.3, 0.4) is 0 Å². The maximum atomic E-state index is 12.4. The van der Waals surface area contributed by atoms with Gasteiger partial charge >= 0.3 is 0 Å². The molecule has 0 radical (unpaired) electrons. The van der Waals surface area contributed by atoms with Gasteiger partial charge in [0, 0.05) is 29.2 Å². The Balaban J connectivity index is 1.53. The van der Waals surface area contributed by atoms with Crippen LogP contribution in [0.4, 0.5) is 0 Å². The van der Waals surface area contributed by atoms with Crippen molar-refractivity contribution in [3.63, 3.8) is 0 Å². The van der Waals surface area contributed by atoms with Gasteiger partial charge in [-0.15, -0.1) is 10.2 Å². The van der Waals surface area contributed by atoms with E-state index in [2.05, 4.69) is 25.7 Å². The summed E-state index contributed by atoms with van der Waals surface area (Å²) >= 11 is 1.29. The van der Waals surface area contributed by atoms with Crippen LogP contribution in [0.15, 0.2) is 89.4 Å². The molecular weight excluding hydrogens is 436 g/mol. The molecule has 0 atom stereocenters. The molecule has 2 heterocycles. The Morgan fingerprint density at radius 3 is 2.55 bits per heavy atom. The summed E-state index contributed by atoms with van der Waals surface area (Å²) in [7, 11) is 1.63. The molecule has 0 fully saturated rings. The Morgan fingerprint density at radius 2 is 1.85 bits per heavy atom. The summed E-state index contributed by atoms with van der Waals surface area (Å²) in [6.45, 7) is 1.82. The number of pyridine rings is 1. The zero-order valence-corrected chi connectivity index (χ0v) is 19.0. The summed E-state index contributed by atoms with van der Waals surface area (Å²) < 4.78 is 7.20. The lowest BCUT2D eigenvalue weighted by molar-refractivity contribution is -0.118. The number of hydrazone groups is 1. The number of thioether (sulfide) groups is 1. The number of methoxy groups -OCH3 is 1. The molecule has 9 heteroatoms. The average molecular weight is 459 g/mol. The normalized spacial score (nSPS) is 11.3. The van der Waals surface area contributed by atoms with E-state index in [4.69, 9.17) is 4.74 Å². The minimum Gasteiger partial charge on any atom is -0.497 e. The van der Waals surface area contributed by atoms with E-state index >= 15 is 0 Å². The number of hydrogen-bond donors (Lipinski definition) is 1. The Hall–Kier alpha value is -3.98. The summed E-state index contributed by atoms with van der Waals surface area (Å²) in [6.07, 6.45) is 3.39. The number of hydrogen-bond acceptors (Lipinski definition) is 7. The van der Waals surface area contributed by atoms with Crippen molar-refractivity contribution in [1.29, 1.82) is 0 Å². The minimum atomic E-state index is -0.242. The predicted octanol–water partition coefficient (Wildman–Crippen LogP) is 3.97. The molecular formula is C24H22N6O2S. The minimum absolute atomic E-state index is 0.132. The van der Waals surface area contributed by atoms with Gasteiger partial charge in [0.05, 0.1) is 18.6 Å². The van der Waals surface area contributed by atoms with Gasteiger partial charge in [-0.1, -0.05) is 48.2 Å². The van der Waals surface area contributed by atoms with Crippen molar-refractivity contribution >= 4 is 23.4 Å². The van der Waals surface area contributed by atoms with Gasteiger partial charge in [0.1, 0.15) is 5.75 Å². The number of benzene rings is 2. The molecule has 0 bridgehead atoms. The zero-order valence-electron chi connectivity index (χ0n) is 18.2. The number of nitrogens with zero attached hydrogens (tertiary/aromatic N) is 5. The Kier molecular flexibility index (Phi) is 7.11. The second-order valence-corrected chi connectivity index (χ2v) is 7.91. The molecule has 0 aliphatic carbocycles. The smallest absolute Gasteiger partial charge is 0.250 e. The van der Waals surface area contributed by atoms with Crippen LogP contribution in [-0.2, 0) is 4.79 Å². The van der Waals surface area contributed by atoms with Crippen LogP contribution in [0.1, 0.15) is 12.5 Å². The lowest BCUT2D eigenvalue weighted by Gasteiger charge is -2.11. The van der Waals surface area contributed by atoms with Crippen molar-refractivity contribution < 1.29 is 9.53 Å². The Labute approximate surface area is 195 Å². The summed E-state index contributed by atoms with van der Waals surface area (Å²) in [5.41, 5.74) is 5.90. The van der Waals surface area contributed by atoms with Crippen molar-refractivity contribution in [2.24, 2.45) is 5.10 Å². The fraction of sp³-hybridized carbons (Fsp3) is 0.125. The fourth-order valence-electron chi connectivity index (χ4n) is 3.05. The Morgan fingerprint density at radius 1 is 1.06 bits per heavy atom. The highest BCUT2D eigenvalue weighted by Gasteiger charge is 2.17. The molecule has 0 saturated heterocycles. The van der Waals surface area contributed by atoms with E-state index in [1.165, 1.54) is 11.8 Å². The van der Waals surface area contributed by atoms with Gasteiger partial charge in [0.15, 0.2) is 11.0 Å². The summed E-state index contributed by atoms with van der Waals surface area (Å²) in [5.74, 6) is 1.33. The van der Waals surface area contributed by atoms with Crippen molar-refractivity contribution in [2.75, 3.05) is 12.9 Å². The van der Waals surface area contributed by atoms with E-state index in [1.54, 1.807) is 19.5 Å². The third-order valence-corrected chi connectivity index (χ3v) is 5.68. The van der Waals surface area contributed by atoms with E-state index in [9.17, 15) is 4.79 Å². The average Bonchev–Trinajstić information content (AvgIpc) is 3.31. The number of nitrogens with one attached hydrogen (secondary N) is 1. The predicted molar refractivity (Wildman–Crippen MR) is 129 cm³/mol. The first-order chi connectivity index (χ1) is 16.2. The van der Waals surface area contributed by atoms with E-state index in [0.717, 1.165) is 22.6 Å². The topological polar surface area (TPSA) is 94.3 Å². The lowest BCUT2D eigenvalue weighted by Crippen LogP contribution is -2.21. The van der Waals surface area contributed by atoms with Crippen molar-refractivity contribution in [2.45, 2.75) is 12.1 Å². The van der Waals surface area contributed by atoms with Crippen molar-refractivity contribution in [3.05, 3.63) is 84.7 Å². The number of carbonyl (C=O) groups is 1. The number of aromatic nitrogens is 4. The van der Waals surface area contributed by atoms with Crippen LogP contribution in [0.2, 0.25) is 0 Å². The quantitative estimate of drug-likeness (QED) is 0.244. The monoisotopic (exact) mass is 458 g/mol. The molecule has 1 N–H and O–H groups in total. The molecule has 1 amide bonds. The molecule has 0 unspecified atom stereocenters. The van der Waals surface area contributed by atoms with Gasteiger partial charge in [0.25, 0.3) is 5.91 Å². The first-order valence-electron chi connectivity index (χ1n) is 10.2. The second-order valence-electron chi connectivity index (χ2n) is 6.97. The van der Waals surface area contributed by atoms with Gasteiger partial charge in [0.2, 0.25) is 0 Å². The maximum absolute atomic E-state index is 12.4. The SMILES string of the molecule is COc1ccc(-n2c(SCC(=O)N/N=C(\C)c3cccnc3)nnc2-c2ccccc2)cc1. The molecule has 4 rings (SSSR count). The summed E-state index contributed by atoms with van der Waals surface area (Å²) in [5, 5.41) is 13.5. The Bertz CT molecular complexity index is 1240. The van der Waals surface area contributed by atoms with Gasteiger partial charge in [-0.25, -0.2) is 5.43 Å². The van der Waals surface area contributed by atoms with Gasteiger partial charge in [-0.2, -0.15) is 5.10 Å². The van der Waals surface area contributed by atoms with Gasteiger partial charge in [-0.3, -0.25) is 14.3 Å². The van der Waals surface area contributed by atoms with Crippen LogP contribution < -0.4 is 10.2 Å². The highest BCUT2D eigenvalue weighted by atomic mass is 32.2. The number of rotatable bonds is 8. The first-order valence-corrected chi connectivity index (χ1v) is 11.2. The van der Waals surface area contributed by atoms with Gasteiger partial charge < -0.3 is 4.74 Å². The van der Waals surface area contributed by atoms with E-state index < -0.39 is 0 Å². The molecule has 8 nitrogen and oxygen atoms in total. The van der Waals surface area contributed by atoms with Crippen LogP contribution >= 0.6 is 11.8 Å². The highest BCUT2D eigenvalue weighted by Crippen LogP contribution is 2.28. The molecule has 0 aliphatic heterocycles. The summed E-state index contributed by atoms with van der Waals surface area (Å²) in [4.78, 5) is 16.5. The zero-order chi connectivity index (χ0) is 23.0. The molecule has 2 aromatic heterocycles. The molecule has 166 valence electrons. The molecule has 0 saturated carbocycles. The number of carbonyl (C=O) groups excluding carboxylic acids is 1. The second kappa shape index (κ2) is 10.6. The largest absolute Gasteiger partial charge is 0.497 e. The summed E-state index contributed by atoms with van der Waals surface area (Å²) in [6, 6.07) is 21.1. The fourth-order valence-corrected chi connectivity index (χ4v) is 3.80. The highest BCUT2D eigenvalue weighted by molar-refractivity contribution is 7.99. The van der Waals surface area contributed by atoms with Crippen LogP contribution in [0.5, 0.6) is 5.75 Å². The maximum Gasteiger partial charge on any atom is 0.250 e. The van der Waals surface area contributed by atoms with Crippen molar-refractivity contribution in [1.82, 2.24) is 25.2 Å². The molecule has 0 spiro atoms. The number of amides is 1. The molecule has 4 aromatic rings.